The first-order chi connectivity index (χ1) is 21.3. The Hall–Kier alpha value is -5.35. The number of hydrogen-bond acceptors (Lipinski definition) is 4. The maximum Gasteiger partial charge on any atom is 2.00 e. The summed E-state index contributed by atoms with van der Waals surface area (Å²) < 4.78 is 10.7. The molecule has 6 aromatic heterocycles. The number of fused-ring (bicyclic) bond motifs is 12. The van der Waals surface area contributed by atoms with Gasteiger partial charge in [0.25, 0.3) is 0 Å². The van der Waals surface area contributed by atoms with Crippen LogP contribution in [0.25, 0.3) is 76.9 Å². The Balaban J connectivity index is 0.00000270. The number of ether oxygens (including phenoxy) is 1. The summed E-state index contributed by atoms with van der Waals surface area (Å²) in [7, 11) is 0. The van der Waals surface area contributed by atoms with E-state index in [-0.39, 0.29) is 20.4 Å². The largest absolute Gasteiger partial charge is 2.00 e. The molecule has 0 amide bonds. The van der Waals surface area contributed by atoms with Crippen molar-refractivity contribution in [2.24, 2.45) is 0 Å². The van der Waals surface area contributed by atoms with E-state index in [4.69, 9.17) is 19.7 Å². The summed E-state index contributed by atoms with van der Waals surface area (Å²) in [6.07, 6.45) is 5.73. The number of benzene rings is 4. The maximum atomic E-state index is 6.45. The van der Waals surface area contributed by atoms with Crippen LogP contribution in [0.15, 0.2) is 116 Å². The Morgan fingerprint density at radius 1 is 0.614 bits per heavy atom. The zero-order valence-corrected chi connectivity index (χ0v) is 24.5. The molecule has 0 spiro atoms. The van der Waals surface area contributed by atoms with Gasteiger partial charge >= 0.3 is 20.4 Å². The molecule has 0 radical (unpaired) electrons. The molecule has 0 aliphatic heterocycles. The van der Waals surface area contributed by atoms with E-state index in [9.17, 15) is 0 Å². The van der Waals surface area contributed by atoms with Crippen molar-refractivity contribution in [2.45, 2.75) is 0 Å². The minimum Gasteiger partial charge on any atom is -0.503 e. The van der Waals surface area contributed by atoms with Crippen LogP contribution in [0.4, 0.5) is 0 Å². The third-order valence-corrected chi connectivity index (χ3v) is 8.40. The first kappa shape index (κ1) is 25.2. The standard InChI is InChI=1S/C37H19N5O.Pd/c1-2-7-22(8-3-1)31-21-41-32-12-6-17-38-34(32)26-16-14-23(19-30(26)37(41)40-31)43-24-13-15-25-27-9-4-10-28-29-11-5-18-39-36(29)42(35(27)28)33(25)20-24;/h1-18,21H;/q-2;+2. The van der Waals surface area contributed by atoms with Crippen molar-refractivity contribution in [1.82, 2.24) is 23.8 Å². The van der Waals surface area contributed by atoms with Gasteiger partial charge in [-0.15, -0.1) is 23.6 Å². The number of para-hydroxylation sites is 1. The van der Waals surface area contributed by atoms with Crippen LogP contribution in [0, 0.1) is 12.1 Å². The molecule has 10 rings (SSSR count). The second-order valence-electron chi connectivity index (χ2n) is 10.8. The van der Waals surface area contributed by atoms with Crippen molar-refractivity contribution < 1.29 is 25.2 Å². The van der Waals surface area contributed by atoms with E-state index in [1.807, 2.05) is 60.9 Å². The molecule has 0 N–H and O–H groups in total. The summed E-state index contributed by atoms with van der Waals surface area (Å²) in [5.41, 5.74) is 7.66. The van der Waals surface area contributed by atoms with E-state index in [1.54, 1.807) is 0 Å². The van der Waals surface area contributed by atoms with Crippen molar-refractivity contribution in [3.63, 3.8) is 0 Å². The normalized spacial score (nSPS) is 11.9. The average Bonchev–Trinajstić information content (AvgIpc) is 3.75. The quantitative estimate of drug-likeness (QED) is 0.109. The Morgan fingerprint density at radius 3 is 2.25 bits per heavy atom. The van der Waals surface area contributed by atoms with Crippen LogP contribution in [-0.4, -0.2) is 23.8 Å². The number of rotatable bonds is 3. The van der Waals surface area contributed by atoms with E-state index in [0.29, 0.717) is 11.5 Å². The zero-order chi connectivity index (χ0) is 28.1. The van der Waals surface area contributed by atoms with Gasteiger partial charge in [0.15, 0.2) is 0 Å². The minimum absolute atomic E-state index is 0. The van der Waals surface area contributed by atoms with Crippen molar-refractivity contribution in [3.05, 3.63) is 128 Å². The minimum atomic E-state index is 0. The summed E-state index contributed by atoms with van der Waals surface area (Å²) in [6, 6.07) is 39.9. The second kappa shape index (κ2) is 9.32. The molecular formula is C37H19N5OPd. The predicted octanol–water partition coefficient (Wildman–Crippen LogP) is 8.64. The Bertz CT molecular complexity index is 2710. The summed E-state index contributed by atoms with van der Waals surface area (Å²) in [4.78, 5) is 14.5. The smallest absolute Gasteiger partial charge is 0.503 e. The first-order valence-corrected chi connectivity index (χ1v) is 14.1. The van der Waals surface area contributed by atoms with Crippen molar-refractivity contribution in [1.29, 1.82) is 0 Å². The van der Waals surface area contributed by atoms with Gasteiger partial charge in [-0.3, -0.25) is 9.97 Å². The van der Waals surface area contributed by atoms with Crippen LogP contribution in [0.5, 0.6) is 11.5 Å². The molecule has 4 aromatic carbocycles. The van der Waals surface area contributed by atoms with E-state index >= 15 is 0 Å². The molecule has 0 saturated heterocycles. The van der Waals surface area contributed by atoms with Gasteiger partial charge in [0.05, 0.1) is 22.4 Å². The van der Waals surface area contributed by atoms with Gasteiger partial charge in [0.2, 0.25) is 0 Å². The van der Waals surface area contributed by atoms with Gasteiger partial charge in [-0.25, -0.2) is 4.98 Å². The first-order valence-electron chi connectivity index (χ1n) is 14.1. The van der Waals surface area contributed by atoms with Crippen molar-refractivity contribution >= 4 is 65.7 Å². The monoisotopic (exact) mass is 655 g/mol. The predicted molar refractivity (Wildman–Crippen MR) is 170 cm³/mol. The summed E-state index contributed by atoms with van der Waals surface area (Å²) in [5.74, 6) is 1.19. The van der Waals surface area contributed by atoms with Crippen LogP contribution in [-0.2, 0) is 20.4 Å². The molecule has 0 saturated carbocycles. The van der Waals surface area contributed by atoms with Gasteiger partial charge in [-0.05, 0) is 29.7 Å². The molecular weight excluding hydrogens is 637 g/mol. The van der Waals surface area contributed by atoms with Gasteiger partial charge in [0, 0.05) is 51.9 Å². The summed E-state index contributed by atoms with van der Waals surface area (Å²) >= 11 is 0. The van der Waals surface area contributed by atoms with E-state index in [2.05, 4.69) is 75.7 Å². The molecule has 208 valence electrons. The van der Waals surface area contributed by atoms with E-state index < -0.39 is 0 Å². The van der Waals surface area contributed by atoms with Crippen LogP contribution >= 0.6 is 0 Å². The second-order valence-corrected chi connectivity index (χ2v) is 10.8. The number of hydrogen-bond donors (Lipinski definition) is 0. The van der Waals surface area contributed by atoms with Gasteiger partial charge in [-0.1, -0.05) is 77.0 Å². The number of nitrogens with zero attached hydrogens (tertiary/aromatic N) is 5. The fourth-order valence-electron chi connectivity index (χ4n) is 6.56. The van der Waals surface area contributed by atoms with Gasteiger partial charge < -0.3 is 13.5 Å². The number of aromatic nitrogens is 5. The molecule has 0 atom stereocenters. The van der Waals surface area contributed by atoms with Crippen molar-refractivity contribution in [3.8, 4) is 22.8 Å². The van der Waals surface area contributed by atoms with Crippen LogP contribution in [0.3, 0.4) is 0 Å². The average molecular weight is 656 g/mol. The number of pyridine rings is 3. The Labute approximate surface area is 264 Å². The Morgan fingerprint density at radius 2 is 1.36 bits per heavy atom. The molecule has 0 aliphatic carbocycles. The van der Waals surface area contributed by atoms with E-state index in [1.165, 1.54) is 10.8 Å². The zero-order valence-electron chi connectivity index (χ0n) is 22.9. The fraction of sp³-hybridized carbons (Fsp3) is 0. The maximum absolute atomic E-state index is 6.45. The molecule has 6 nitrogen and oxygen atoms in total. The molecule has 7 heteroatoms. The van der Waals surface area contributed by atoms with Crippen molar-refractivity contribution in [2.75, 3.05) is 0 Å². The van der Waals surface area contributed by atoms with Gasteiger partial charge in [-0.2, -0.15) is 6.07 Å². The molecule has 44 heavy (non-hydrogen) atoms. The molecule has 6 heterocycles. The van der Waals surface area contributed by atoms with Gasteiger partial charge in [0.1, 0.15) is 5.65 Å². The molecule has 0 aliphatic rings. The molecule has 0 fully saturated rings. The SMILES string of the molecule is [Pd+2].[c-]1c(Oc2[c-]c3c(cc2)c2cccc4c5cccnc5n3c24)ccc2c1c1nc(-c3ccccc3)cn1c1cccnc21. The summed E-state index contributed by atoms with van der Waals surface area (Å²) in [5, 5.41) is 6.44. The van der Waals surface area contributed by atoms with Crippen LogP contribution in [0.1, 0.15) is 0 Å². The fourth-order valence-corrected chi connectivity index (χ4v) is 6.56. The molecule has 10 aromatic rings. The number of imidazole rings is 1. The van der Waals surface area contributed by atoms with Crippen LogP contribution in [0.2, 0.25) is 0 Å². The third-order valence-electron chi connectivity index (χ3n) is 8.40. The molecule has 0 unspecified atom stereocenters. The van der Waals surface area contributed by atoms with E-state index in [0.717, 1.165) is 66.2 Å². The third kappa shape index (κ3) is 3.42. The molecule has 0 bridgehead atoms. The summed E-state index contributed by atoms with van der Waals surface area (Å²) in [6.45, 7) is 0. The van der Waals surface area contributed by atoms with Crippen LogP contribution < -0.4 is 4.74 Å². The topological polar surface area (TPSA) is 56.7 Å². The Kier molecular flexibility index (Phi) is 5.34.